The Morgan fingerprint density at radius 1 is 1.32 bits per heavy atom. The highest BCUT2D eigenvalue weighted by atomic mass is 32.1. The summed E-state index contributed by atoms with van der Waals surface area (Å²) in [5, 5.41) is 3.10. The first-order valence-corrected chi connectivity index (χ1v) is 9.80. The number of aryl methyl sites for hydroxylation is 1. The van der Waals surface area contributed by atoms with Gasteiger partial charge in [-0.1, -0.05) is 0 Å². The Labute approximate surface area is 152 Å². The van der Waals surface area contributed by atoms with E-state index >= 15 is 0 Å². The van der Waals surface area contributed by atoms with Gasteiger partial charge in [0.05, 0.1) is 10.3 Å². The number of piperidine rings is 1. The summed E-state index contributed by atoms with van der Waals surface area (Å²) < 4.78 is 5.40. The van der Waals surface area contributed by atoms with E-state index in [0.29, 0.717) is 45.7 Å². The molecule has 3 N–H and O–H groups in total. The Morgan fingerprint density at radius 2 is 2.00 bits per heavy atom. The number of hydrogen-bond acceptors (Lipinski definition) is 5. The maximum Gasteiger partial charge on any atom is 0.261 e. The van der Waals surface area contributed by atoms with E-state index in [1.165, 1.54) is 11.3 Å². The van der Waals surface area contributed by atoms with Gasteiger partial charge in [-0.3, -0.25) is 9.59 Å². The van der Waals surface area contributed by atoms with Crippen LogP contribution < -0.4 is 11.1 Å². The quantitative estimate of drug-likeness (QED) is 0.847. The molecule has 2 saturated heterocycles. The summed E-state index contributed by atoms with van der Waals surface area (Å²) >= 11 is 1.51. The fourth-order valence-corrected chi connectivity index (χ4v) is 4.41. The topological polar surface area (TPSA) is 84.7 Å². The third kappa shape index (κ3) is 4.04. The molecule has 0 spiro atoms. The van der Waals surface area contributed by atoms with Crippen molar-refractivity contribution in [3.63, 3.8) is 0 Å². The number of amides is 2. The van der Waals surface area contributed by atoms with Crippen molar-refractivity contribution in [3.8, 4) is 0 Å². The highest BCUT2D eigenvalue weighted by molar-refractivity contribution is 7.13. The predicted octanol–water partition coefficient (Wildman–Crippen LogP) is 1.53. The van der Waals surface area contributed by atoms with E-state index in [0.717, 1.165) is 22.6 Å². The molecule has 2 fully saturated rings. The van der Waals surface area contributed by atoms with Crippen LogP contribution >= 0.6 is 11.3 Å². The first-order valence-electron chi connectivity index (χ1n) is 8.98. The molecule has 138 valence electrons. The number of nitrogens with one attached hydrogen (secondary N) is 1. The normalized spacial score (nSPS) is 21.1. The molecular weight excluding hydrogens is 338 g/mol. The maximum atomic E-state index is 13.0. The Balaban J connectivity index is 1.52. The van der Waals surface area contributed by atoms with Crippen LogP contribution in [0.2, 0.25) is 0 Å². The molecule has 3 rings (SSSR count). The number of hydrogen-bond donors (Lipinski definition) is 2. The molecule has 2 aliphatic heterocycles. The van der Waals surface area contributed by atoms with E-state index in [-0.39, 0.29) is 17.9 Å². The zero-order chi connectivity index (χ0) is 17.9. The molecule has 6 nitrogen and oxygen atoms in total. The van der Waals surface area contributed by atoms with Crippen LogP contribution in [0.15, 0.2) is 12.1 Å². The van der Waals surface area contributed by atoms with Crippen molar-refractivity contribution in [2.24, 2.45) is 11.1 Å². The summed E-state index contributed by atoms with van der Waals surface area (Å²) in [5.41, 5.74) is 5.49. The van der Waals surface area contributed by atoms with Gasteiger partial charge < -0.3 is 20.7 Å². The zero-order valence-electron chi connectivity index (χ0n) is 14.8. The largest absolute Gasteiger partial charge is 0.381 e. The zero-order valence-corrected chi connectivity index (χ0v) is 15.6. The van der Waals surface area contributed by atoms with Gasteiger partial charge in [-0.2, -0.15) is 0 Å². The molecule has 7 heteroatoms. The van der Waals surface area contributed by atoms with Crippen LogP contribution in [0.25, 0.3) is 0 Å². The summed E-state index contributed by atoms with van der Waals surface area (Å²) in [5.74, 6) is 0.155. The first kappa shape index (κ1) is 18.4. The van der Waals surface area contributed by atoms with E-state index in [2.05, 4.69) is 5.32 Å². The number of carbonyl (C=O) groups is 2. The van der Waals surface area contributed by atoms with Gasteiger partial charge in [0.15, 0.2) is 0 Å². The summed E-state index contributed by atoms with van der Waals surface area (Å²) in [4.78, 5) is 29.0. The van der Waals surface area contributed by atoms with E-state index in [9.17, 15) is 9.59 Å². The smallest absolute Gasteiger partial charge is 0.261 e. The van der Waals surface area contributed by atoms with E-state index in [4.69, 9.17) is 10.5 Å². The van der Waals surface area contributed by atoms with Gasteiger partial charge in [-0.25, -0.2) is 0 Å². The molecule has 0 saturated carbocycles. The molecule has 0 aromatic carbocycles. The summed E-state index contributed by atoms with van der Waals surface area (Å²) in [6.07, 6.45) is 2.99. The standard InChI is InChI=1S/C18H27N3O3S/c1-13-2-3-15(25-13)16(22)20-14-4-8-21(9-5-14)17(23)18(12-19)6-10-24-11-7-18/h2-3,14H,4-12,19H2,1H3,(H,20,22). The molecule has 1 aromatic rings. The van der Waals surface area contributed by atoms with Crippen LogP contribution in [0.5, 0.6) is 0 Å². The van der Waals surface area contributed by atoms with Crippen LogP contribution in [-0.2, 0) is 9.53 Å². The molecule has 0 radical (unpaired) electrons. The Kier molecular flexibility index (Phi) is 5.76. The van der Waals surface area contributed by atoms with Gasteiger partial charge in [-0.15, -0.1) is 11.3 Å². The molecule has 0 bridgehead atoms. The monoisotopic (exact) mass is 365 g/mol. The number of likely N-dealkylation sites (tertiary alicyclic amines) is 1. The summed E-state index contributed by atoms with van der Waals surface area (Å²) in [7, 11) is 0. The molecule has 3 heterocycles. The summed E-state index contributed by atoms with van der Waals surface area (Å²) in [6.45, 7) is 4.94. The molecule has 1 aromatic heterocycles. The number of carbonyl (C=O) groups excluding carboxylic acids is 2. The fraction of sp³-hybridized carbons (Fsp3) is 0.667. The number of nitrogens with zero attached hydrogens (tertiary/aromatic N) is 1. The van der Waals surface area contributed by atoms with Crippen LogP contribution in [0.3, 0.4) is 0 Å². The second-order valence-corrected chi connectivity index (χ2v) is 8.33. The van der Waals surface area contributed by atoms with Crippen molar-refractivity contribution < 1.29 is 14.3 Å². The first-order chi connectivity index (χ1) is 12.0. The SMILES string of the molecule is Cc1ccc(C(=O)NC2CCN(C(=O)C3(CN)CCOCC3)CC2)s1. The minimum absolute atomic E-state index is 0.00858. The Bertz CT molecular complexity index is 617. The van der Waals surface area contributed by atoms with Crippen molar-refractivity contribution in [3.05, 3.63) is 21.9 Å². The van der Waals surface area contributed by atoms with Gasteiger partial charge in [0, 0.05) is 43.8 Å². The fourth-order valence-electron chi connectivity index (χ4n) is 3.64. The molecule has 0 unspecified atom stereocenters. The van der Waals surface area contributed by atoms with E-state index in [1.807, 2.05) is 24.0 Å². The average molecular weight is 365 g/mol. The van der Waals surface area contributed by atoms with Gasteiger partial charge in [0.25, 0.3) is 5.91 Å². The van der Waals surface area contributed by atoms with Gasteiger partial charge in [-0.05, 0) is 44.7 Å². The lowest BCUT2D eigenvalue weighted by Crippen LogP contribution is -2.54. The van der Waals surface area contributed by atoms with Crippen LogP contribution in [0.1, 0.15) is 40.2 Å². The Hall–Kier alpha value is -1.44. The third-order valence-electron chi connectivity index (χ3n) is 5.38. The van der Waals surface area contributed by atoms with Crippen LogP contribution in [0.4, 0.5) is 0 Å². The molecular formula is C18H27N3O3S. The molecule has 0 aliphatic carbocycles. The second-order valence-electron chi connectivity index (χ2n) is 7.05. The number of ether oxygens (including phenoxy) is 1. The lowest BCUT2D eigenvalue weighted by atomic mass is 9.78. The van der Waals surface area contributed by atoms with Gasteiger partial charge >= 0.3 is 0 Å². The minimum Gasteiger partial charge on any atom is -0.381 e. The van der Waals surface area contributed by atoms with Crippen LogP contribution in [0, 0.1) is 12.3 Å². The summed E-state index contributed by atoms with van der Waals surface area (Å²) in [6, 6.07) is 3.95. The lowest BCUT2D eigenvalue weighted by Gasteiger charge is -2.41. The Morgan fingerprint density at radius 3 is 2.56 bits per heavy atom. The highest BCUT2D eigenvalue weighted by Gasteiger charge is 2.42. The lowest BCUT2D eigenvalue weighted by molar-refractivity contribution is -0.148. The molecule has 25 heavy (non-hydrogen) atoms. The third-order valence-corrected chi connectivity index (χ3v) is 6.38. The number of rotatable bonds is 4. The van der Waals surface area contributed by atoms with Crippen molar-refractivity contribution in [1.82, 2.24) is 10.2 Å². The van der Waals surface area contributed by atoms with Crippen molar-refractivity contribution in [2.45, 2.75) is 38.6 Å². The second kappa shape index (κ2) is 7.85. The predicted molar refractivity (Wildman–Crippen MR) is 97.7 cm³/mol. The minimum atomic E-state index is -0.456. The van der Waals surface area contributed by atoms with Gasteiger partial charge in [0.2, 0.25) is 5.91 Å². The van der Waals surface area contributed by atoms with E-state index in [1.54, 1.807) is 0 Å². The maximum absolute atomic E-state index is 13.0. The van der Waals surface area contributed by atoms with E-state index < -0.39 is 5.41 Å². The van der Waals surface area contributed by atoms with Gasteiger partial charge in [0.1, 0.15) is 0 Å². The van der Waals surface area contributed by atoms with Crippen molar-refractivity contribution in [2.75, 3.05) is 32.8 Å². The highest BCUT2D eigenvalue weighted by Crippen LogP contribution is 2.32. The number of thiophene rings is 1. The molecule has 2 amide bonds. The van der Waals surface area contributed by atoms with Crippen LogP contribution in [-0.4, -0.2) is 55.6 Å². The van der Waals surface area contributed by atoms with Crippen molar-refractivity contribution >= 4 is 23.2 Å². The van der Waals surface area contributed by atoms with Crippen molar-refractivity contribution in [1.29, 1.82) is 0 Å². The number of nitrogens with two attached hydrogens (primary N) is 1. The molecule has 0 atom stereocenters. The average Bonchev–Trinajstić information content (AvgIpc) is 3.09. The molecule has 2 aliphatic rings.